The quantitative estimate of drug-likeness (QED) is 0.705. The SMILES string of the molecule is NC(c1ccc2[nH]c3ccccc3c2c1)C1CCC1. The first-order valence-electron chi connectivity index (χ1n) is 7.09. The predicted octanol–water partition coefficient (Wildman–Crippen LogP) is 4.12. The van der Waals surface area contributed by atoms with E-state index in [0.717, 1.165) is 0 Å². The van der Waals surface area contributed by atoms with E-state index in [1.165, 1.54) is 46.6 Å². The van der Waals surface area contributed by atoms with Gasteiger partial charge < -0.3 is 10.7 Å². The van der Waals surface area contributed by atoms with Gasteiger partial charge in [0.1, 0.15) is 0 Å². The summed E-state index contributed by atoms with van der Waals surface area (Å²) in [5, 5.41) is 2.59. The molecule has 1 aliphatic rings. The van der Waals surface area contributed by atoms with Crippen molar-refractivity contribution in [2.45, 2.75) is 25.3 Å². The van der Waals surface area contributed by atoms with Crippen LogP contribution in [-0.2, 0) is 0 Å². The summed E-state index contributed by atoms with van der Waals surface area (Å²) < 4.78 is 0. The third-order valence-electron chi connectivity index (χ3n) is 4.57. The molecule has 0 aliphatic heterocycles. The first-order valence-corrected chi connectivity index (χ1v) is 7.09. The minimum absolute atomic E-state index is 0.201. The van der Waals surface area contributed by atoms with Crippen molar-refractivity contribution in [1.29, 1.82) is 0 Å². The Hall–Kier alpha value is -1.80. The van der Waals surface area contributed by atoms with Gasteiger partial charge in [0.15, 0.2) is 0 Å². The monoisotopic (exact) mass is 250 g/mol. The van der Waals surface area contributed by atoms with Crippen molar-refractivity contribution in [3.63, 3.8) is 0 Å². The third-order valence-corrected chi connectivity index (χ3v) is 4.57. The molecular formula is C17H18N2. The van der Waals surface area contributed by atoms with Gasteiger partial charge in [-0.25, -0.2) is 0 Å². The van der Waals surface area contributed by atoms with E-state index < -0.39 is 0 Å². The molecule has 0 saturated heterocycles. The van der Waals surface area contributed by atoms with Crippen molar-refractivity contribution < 1.29 is 0 Å². The second-order valence-electron chi connectivity index (χ2n) is 5.69. The zero-order chi connectivity index (χ0) is 12.8. The Labute approximate surface area is 112 Å². The van der Waals surface area contributed by atoms with Crippen molar-refractivity contribution in [3.8, 4) is 0 Å². The first kappa shape index (κ1) is 11.1. The van der Waals surface area contributed by atoms with Crippen molar-refractivity contribution >= 4 is 21.8 Å². The fourth-order valence-corrected chi connectivity index (χ4v) is 3.14. The zero-order valence-corrected chi connectivity index (χ0v) is 10.9. The molecule has 96 valence electrons. The predicted molar refractivity (Wildman–Crippen MR) is 80.1 cm³/mol. The zero-order valence-electron chi connectivity index (χ0n) is 10.9. The minimum Gasteiger partial charge on any atom is -0.355 e. The molecule has 0 spiro atoms. The second kappa shape index (κ2) is 4.10. The summed E-state index contributed by atoms with van der Waals surface area (Å²) in [6.45, 7) is 0. The van der Waals surface area contributed by atoms with Crippen LogP contribution >= 0.6 is 0 Å². The molecule has 2 nitrogen and oxygen atoms in total. The largest absolute Gasteiger partial charge is 0.355 e. The Kier molecular flexibility index (Phi) is 2.39. The van der Waals surface area contributed by atoms with E-state index in [-0.39, 0.29) is 6.04 Å². The molecule has 3 N–H and O–H groups in total. The van der Waals surface area contributed by atoms with Crippen molar-refractivity contribution in [3.05, 3.63) is 48.0 Å². The van der Waals surface area contributed by atoms with E-state index in [2.05, 4.69) is 47.4 Å². The Balaban J connectivity index is 1.87. The van der Waals surface area contributed by atoms with Gasteiger partial charge in [-0.15, -0.1) is 0 Å². The van der Waals surface area contributed by atoms with E-state index in [9.17, 15) is 0 Å². The number of benzene rings is 2. The first-order chi connectivity index (χ1) is 9.33. The highest BCUT2D eigenvalue weighted by Gasteiger charge is 2.25. The lowest BCUT2D eigenvalue weighted by Gasteiger charge is -2.31. The molecule has 1 aromatic heterocycles. The van der Waals surface area contributed by atoms with Gasteiger partial charge in [-0.3, -0.25) is 0 Å². The average molecular weight is 250 g/mol. The van der Waals surface area contributed by atoms with Crippen LogP contribution in [0.2, 0.25) is 0 Å². The number of fused-ring (bicyclic) bond motifs is 3. The van der Waals surface area contributed by atoms with Crippen LogP contribution in [0.1, 0.15) is 30.9 Å². The number of rotatable bonds is 2. The molecule has 1 aliphatic carbocycles. The standard InChI is InChI=1S/C17H18N2/c18-17(11-4-3-5-11)12-8-9-16-14(10-12)13-6-1-2-7-15(13)19-16/h1-2,6-11,17,19H,3-5,18H2. The molecule has 1 fully saturated rings. The van der Waals surface area contributed by atoms with Gasteiger partial charge in [0, 0.05) is 27.8 Å². The summed E-state index contributed by atoms with van der Waals surface area (Å²) in [4.78, 5) is 3.46. The molecule has 0 amide bonds. The lowest BCUT2D eigenvalue weighted by Crippen LogP contribution is -2.26. The maximum atomic E-state index is 6.39. The summed E-state index contributed by atoms with van der Waals surface area (Å²) in [5.41, 5.74) is 10.1. The number of hydrogen-bond acceptors (Lipinski definition) is 1. The summed E-state index contributed by atoms with van der Waals surface area (Å²) in [6, 6.07) is 15.3. The molecule has 2 aromatic carbocycles. The molecule has 0 radical (unpaired) electrons. The number of nitrogens with one attached hydrogen (secondary N) is 1. The maximum absolute atomic E-state index is 6.39. The summed E-state index contributed by atoms with van der Waals surface area (Å²) in [5.74, 6) is 0.683. The third kappa shape index (κ3) is 1.67. The van der Waals surface area contributed by atoms with Crippen molar-refractivity contribution in [2.75, 3.05) is 0 Å². The van der Waals surface area contributed by atoms with Crippen LogP contribution in [0.3, 0.4) is 0 Å². The van der Waals surface area contributed by atoms with E-state index in [1.54, 1.807) is 0 Å². The van der Waals surface area contributed by atoms with Gasteiger partial charge in [-0.2, -0.15) is 0 Å². The fraction of sp³-hybridized carbons (Fsp3) is 0.294. The molecule has 1 atom stereocenters. The number of para-hydroxylation sites is 1. The molecule has 0 bridgehead atoms. The molecular weight excluding hydrogens is 232 g/mol. The highest BCUT2D eigenvalue weighted by molar-refractivity contribution is 6.07. The van der Waals surface area contributed by atoms with E-state index in [4.69, 9.17) is 5.73 Å². The Morgan fingerprint density at radius 2 is 1.79 bits per heavy atom. The molecule has 3 aromatic rings. The minimum atomic E-state index is 0.201. The maximum Gasteiger partial charge on any atom is 0.0465 e. The second-order valence-corrected chi connectivity index (χ2v) is 5.69. The van der Waals surface area contributed by atoms with Gasteiger partial charge in [0.2, 0.25) is 0 Å². The van der Waals surface area contributed by atoms with Gasteiger partial charge in [0.05, 0.1) is 0 Å². The number of nitrogens with two attached hydrogens (primary N) is 1. The van der Waals surface area contributed by atoms with Crippen LogP contribution < -0.4 is 5.73 Å². The van der Waals surface area contributed by atoms with E-state index in [0.29, 0.717) is 5.92 Å². The van der Waals surface area contributed by atoms with Gasteiger partial charge in [0.25, 0.3) is 0 Å². The van der Waals surface area contributed by atoms with Crippen LogP contribution in [0.25, 0.3) is 21.8 Å². The highest BCUT2D eigenvalue weighted by Crippen LogP contribution is 2.37. The molecule has 1 saturated carbocycles. The lowest BCUT2D eigenvalue weighted by atomic mass is 9.77. The smallest absolute Gasteiger partial charge is 0.0465 e. The normalized spacial score (nSPS) is 17.7. The van der Waals surface area contributed by atoms with E-state index in [1.807, 2.05) is 0 Å². The summed E-state index contributed by atoms with van der Waals surface area (Å²) in [6.07, 6.45) is 3.91. The number of aromatic amines is 1. The summed E-state index contributed by atoms with van der Waals surface area (Å²) in [7, 11) is 0. The van der Waals surface area contributed by atoms with E-state index >= 15 is 0 Å². The van der Waals surface area contributed by atoms with Crippen molar-refractivity contribution in [1.82, 2.24) is 4.98 Å². The molecule has 2 heteroatoms. The Bertz CT molecular complexity index is 737. The van der Waals surface area contributed by atoms with Crippen molar-refractivity contribution in [2.24, 2.45) is 11.7 Å². The lowest BCUT2D eigenvalue weighted by molar-refractivity contribution is 0.264. The van der Waals surface area contributed by atoms with Gasteiger partial charge in [-0.05, 0) is 42.5 Å². The fourth-order valence-electron chi connectivity index (χ4n) is 3.14. The Morgan fingerprint density at radius 3 is 2.58 bits per heavy atom. The molecule has 1 heterocycles. The Morgan fingerprint density at radius 1 is 1.00 bits per heavy atom. The van der Waals surface area contributed by atoms with Crippen LogP contribution in [0.4, 0.5) is 0 Å². The topological polar surface area (TPSA) is 41.8 Å². The molecule has 4 rings (SSSR count). The number of H-pyrrole nitrogens is 1. The summed E-state index contributed by atoms with van der Waals surface area (Å²) >= 11 is 0. The number of hydrogen-bond donors (Lipinski definition) is 2. The van der Waals surface area contributed by atoms with Gasteiger partial charge >= 0.3 is 0 Å². The van der Waals surface area contributed by atoms with Crippen LogP contribution in [-0.4, -0.2) is 4.98 Å². The van der Waals surface area contributed by atoms with Crippen LogP contribution in [0.15, 0.2) is 42.5 Å². The van der Waals surface area contributed by atoms with Gasteiger partial charge in [-0.1, -0.05) is 30.7 Å². The van der Waals surface area contributed by atoms with Crippen LogP contribution in [0.5, 0.6) is 0 Å². The molecule has 19 heavy (non-hydrogen) atoms. The van der Waals surface area contributed by atoms with Crippen LogP contribution in [0, 0.1) is 5.92 Å². The average Bonchev–Trinajstić information content (AvgIpc) is 2.74. The molecule has 1 unspecified atom stereocenters. The number of aromatic nitrogens is 1. The highest BCUT2D eigenvalue weighted by atomic mass is 14.7.